The van der Waals surface area contributed by atoms with Crippen LogP contribution in [0.4, 0.5) is 0 Å². The quantitative estimate of drug-likeness (QED) is 0.257. The number of ether oxygens (including phenoxy) is 2. The number of esters is 2. The maximum absolute atomic E-state index is 11.5. The van der Waals surface area contributed by atoms with Crippen LogP contribution in [-0.2, 0) is 32.3 Å². The van der Waals surface area contributed by atoms with Gasteiger partial charge in [0.05, 0.1) is 20.1 Å². The van der Waals surface area contributed by atoms with Gasteiger partial charge in [0.2, 0.25) is 0 Å². The maximum atomic E-state index is 11.5. The zero-order chi connectivity index (χ0) is 15.6. The van der Waals surface area contributed by atoms with Crippen molar-refractivity contribution in [3.63, 3.8) is 0 Å². The second kappa shape index (κ2) is 9.64. The molecule has 0 amide bonds. The fourth-order valence-corrected chi connectivity index (χ4v) is 3.12. The van der Waals surface area contributed by atoms with Gasteiger partial charge in [-0.25, -0.2) is 4.79 Å². The van der Waals surface area contributed by atoms with Gasteiger partial charge in [0.1, 0.15) is 0 Å². The van der Waals surface area contributed by atoms with Crippen molar-refractivity contribution < 1.29 is 32.3 Å². The highest BCUT2D eigenvalue weighted by Gasteiger charge is 2.37. The summed E-state index contributed by atoms with van der Waals surface area (Å²) in [6.07, 6.45) is 0.348. The first-order valence-corrected chi connectivity index (χ1v) is 7.95. The minimum Gasteiger partial charge on any atom is -0.469 e. The van der Waals surface area contributed by atoms with E-state index in [-0.39, 0.29) is 18.6 Å². The zero-order valence-corrected chi connectivity index (χ0v) is 13.4. The van der Waals surface area contributed by atoms with Crippen LogP contribution in [0.2, 0.25) is 6.04 Å². The molecule has 0 bridgehead atoms. The Balaban J connectivity index is 4.03. The molecule has 0 N–H and O–H groups in total. The standard InChI is InChI=1S/C12H22O7Si/c1-10(9-11(13)15-2)12(14)19-7-6-8-20(16-3,17-4)18-5/h1,6-9H2,2-5H3. The van der Waals surface area contributed by atoms with Gasteiger partial charge in [0.15, 0.2) is 0 Å². The topological polar surface area (TPSA) is 80.3 Å². The van der Waals surface area contributed by atoms with E-state index in [1.807, 2.05) is 0 Å². The van der Waals surface area contributed by atoms with Gasteiger partial charge < -0.3 is 22.8 Å². The summed E-state index contributed by atoms with van der Waals surface area (Å²) in [5.41, 5.74) is 0.0607. The van der Waals surface area contributed by atoms with Gasteiger partial charge in [0.25, 0.3) is 0 Å². The average molecular weight is 306 g/mol. The van der Waals surface area contributed by atoms with Gasteiger partial charge in [-0.15, -0.1) is 0 Å². The normalized spacial score (nSPS) is 11.0. The molecule has 0 rings (SSSR count). The molecule has 8 heteroatoms. The van der Waals surface area contributed by atoms with E-state index < -0.39 is 20.7 Å². The van der Waals surface area contributed by atoms with E-state index in [9.17, 15) is 9.59 Å². The molecule has 0 aliphatic rings. The summed E-state index contributed by atoms with van der Waals surface area (Å²) < 4.78 is 25.1. The summed E-state index contributed by atoms with van der Waals surface area (Å²) in [6.45, 7) is 3.65. The Bertz CT molecular complexity index is 330. The molecule has 0 unspecified atom stereocenters. The Morgan fingerprint density at radius 3 is 2.05 bits per heavy atom. The first-order chi connectivity index (χ1) is 9.44. The summed E-state index contributed by atoms with van der Waals surface area (Å²) in [5, 5.41) is 0. The van der Waals surface area contributed by atoms with Gasteiger partial charge in [-0.05, 0) is 6.42 Å². The Hall–Kier alpha value is -1.22. The lowest BCUT2D eigenvalue weighted by molar-refractivity contribution is -0.144. The summed E-state index contributed by atoms with van der Waals surface area (Å²) in [7, 11) is 3.16. The molecular formula is C12H22O7Si. The predicted molar refractivity (Wildman–Crippen MR) is 72.9 cm³/mol. The minimum atomic E-state index is -2.64. The number of hydrogen-bond donors (Lipinski definition) is 0. The molecule has 0 aromatic rings. The van der Waals surface area contributed by atoms with Gasteiger partial charge in [-0.3, -0.25) is 4.79 Å². The molecule has 0 aromatic carbocycles. The number of carbonyl (C=O) groups excluding carboxylic acids is 2. The lowest BCUT2D eigenvalue weighted by Crippen LogP contribution is -2.42. The Morgan fingerprint density at radius 2 is 1.60 bits per heavy atom. The molecule has 0 aliphatic heterocycles. The number of methoxy groups -OCH3 is 1. The van der Waals surface area contributed by atoms with Crippen molar-refractivity contribution in [2.45, 2.75) is 18.9 Å². The summed E-state index contributed by atoms with van der Waals surface area (Å²) >= 11 is 0. The number of carbonyl (C=O) groups is 2. The Kier molecular flexibility index (Phi) is 9.05. The van der Waals surface area contributed by atoms with Crippen LogP contribution in [-0.4, -0.2) is 55.8 Å². The third kappa shape index (κ3) is 6.28. The van der Waals surface area contributed by atoms with Gasteiger partial charge in [-0.1, -0.05) is 6.58 Å². The molecule has 0 saturated carbocycles. The SMILES string of the molecule is C=C(CC(=O)OC)C(=O)OCCC[Si](OC)(OC)OC. The van der Waals surface area contributed by atoms with Crippen molar-refractivity contribution in [2.24, 2.45) is 0 Å². The molecule has 116 valence electrons. The summed E-state index contributed by atoms with van der Waals surface area (Å²) in [5.74, 6) is -1.15. The first kappa shape index (κ1) is 18.8. The monoisotopic (exact) mass is 306 g/mol. The minimum absolute atomic E-state index is 0.0607. The zero-order valence-electron chi connectivity index (χ0n) is 12.4. The van der Waals surface area contributed by atoms with Crippen molar-refractivity contribution in [3.05, 3.63) is 12.2 Å². The summed E-state index contributed by atoms with van der Waals surface area (Å²) in [4.78, 5) is 22.5. The molecule has 0 heterocycles. The van der Waals surface area contributed by atoms with Crippen LogP contribution in [0.25, 0.3) is 0 Å². The van der Waals surface area contributed by atoms with Crippen molar-refractivity contribution in [1.29, 1.82) is 0 Å². The highest BCUT2D eigenvalue weighted by Crippen LogP contribution is 2.15. The molecule has 0 saturated heterocycles. The molecule has 0 spiro atoms. The highest BCUT2D eigenvalue weighted by atomic mass is 28.4. The molecule has 0 fully saturated rings. The van der Waals surface area contributed by atoms with Gasteiger partial charge >= 0.3 is 20.7 Å². The van der Waals surface area contributed by atoms with Crippen LogP contribution >= 0.6 is 0 Å². The Labute approximate surface area is 120 Å². The molecule has 7 nitrogen and oxygen atoms in total. The third-order valence-electron chi connectivity index (χ3n) is 2.67. The molecule has 0 aliphatic carbocycles. The fraction of sp³-hybridized carbons (Fsp3) is 0.667. The first-order valence-electron chi connectivity index (χ1n) is 6.01. The predicted octanol–water partition coefficient (Wildman–Crippen LogP) is 0.917. The summed E-state index contributed by atoms with van der Waals surface area (Å²) in [6, 6.07) is 0.521. The molecule has 0 aromatic heterocycles. The second-order valence-electron chi connectivity index (χ2n) is 3.89. The van der Waals surface area contributed by atoms with Crippen LogP contribution in [0, 0.1) is 0 Å². The lowest BCUT2D eigenvalue weighted by atomic mass is 10.2. The van der Waals surface area contributed by atoms with E-state index >= 15 is 0 Å². The molecule has 20 heavy (non-hydrogen) atoms. The van der Waals surface area contributed by atoms with Crippen molar-refractivity contribution in [1.82, 2.24) is 0 Å². The van der Waals surface area contributed by atoms with Gasteiger partial charge in [-0.2, -0.15) is 0 Å². The second-order valence-corrected chi connectivity index (χ2v) is 6.98. The van der Waals surface area contributed by atoms with E-state index in [4.69, 9.17) is 18.0 Å². The molecule has 0 atom stereocenters. The van der Waals surface area contributed by atoms with Crippen molar-refractivity contribution in [3.8, 4) is 0 Å². The van der Waals surface area contributed by atoms with Crippen LogP contribution in [0.3, 0.4) is 0 Å². The van der Waals surface area contributed by atoms with E-state index in [1.54, 1.807) is 0 Å². The molecule has 0 radical (unpaired) electrons. The third-order valence-corrected chi connectivity index (χ3v) is 5.50. The number of rotatable bonds is 10. The van der Waals surface area contributed by atoms with Crippen molar-refractivity contribution in [2.75, 3.05) is 35.0 Å². The van der Waals surface area contributed by atoms with Crippen LogP contribution < -0.4 is 0 Å². The van der Waals surface area contributed by atoms with E-state index in [0.29, 0.717) is 12.5 Å². The lowest BCUT2D eigenvalue weighted by Gasteiger charge is -2.24. The van der Waals surface area contributed by atoms with Crippen LogP contribution in [0.15, 0.2) is 12.2 Å². The largest absolute Gasteiger partial charge is 0.500 e. The highest BCUT2D eigenvalue weighted by molar-refractivity contribution is 6.60. The molecular weight excluding hydrogens is 284 g/mol. The van der Waals surface area contributed by atoms with Crippen molar-refractivity contribution >= 4 is 20.7 Å². The smallest absolute Gasteiger partial charge is 0.469 e. The fourth-order valence-electron chi connectivity index (χ4n) is 1.43. The average Bonchev–Trinajstić information content (AvgIpc) is 2.47. The van der Waals surface area contributed by atoms with E-state index in [1.165, 1.54) is 28.4 Å². The number of hydrogen-bond acceptors (Lipinski definition) is 7. The van der Waals surface area contributed by atoms with E-state index in [0.717, 1.165) is 0 Å². The van der Waals surface area contributed by atoms with Gasteiger partial charge in [0, 0.05) is 32.9 Å². The van der Waals surface area contributed by atoms with Crippen LogP contribution in [0.1, 0.15) is 12.8 Å². The maximum Gasteiger partial charge on any atom is 0.500 e. The Morgan fingerprint density at radius 1 is 1.05 bits per heavy atom. The van der Waals surface area contributed by atoms with E-state index in [2.05, 4.69) is 11.3 Å². The van der Waals surface area contributed by atoms with Crippen LogP contribution in [0.5, 0.6) is 0 Å².